The molecule has 0 spiro atoms. The van der Waals surface area contributed by atoms with Crippen LogP contribution in [0, 0.1) is 10.8 Å². The number of aliphatic carboxylic acids is 3. The summed E-state index contributed by atoms with van der Waals surface area (Å²) in [5.74, 6) is -4.38. The number of carboxylic acid groups (broad SMARTS) is 3. The molecule has 0 atom stereocenters. The number of rotatable bonds is 22. The van der Waals surface area contributed by atoms with Gasteiger partial charge in [0.1, 0.15) is 31.8 Å². The van der Waals surface area contributed by atoms with Crippen LogP contribution in [-0.2, 0) is 52.5 Å². The van der Waals surface area contributed by atoms with Crippen LogP contribution in [0.1, 0.15) is 32.6 Å². The van der Waals surface area contributed by atoms with Crippen LogP contribution < -0.4 is 0 Å². The first-order chi connectivity index (χ1) is 24.4. The molecule has 6 N–H and O–H groups in total. The zero-order valence-corrected chi connectivity index (χ0v) is 34.8. The smallest absolute Gasteiger partial charge is 0.315 e. The number of hydrogen-bond acceptors (Lipinski definition) is 21. The number of hydrogen-bond donors (Lipinski definition) is 13. The Kier molecular flexibility index (Phi) is 47.0. The fraction of sp³-hybridized carbons (Fsp3) is 0.750. The quantitative estimate of drug-likeness (QED) is 0.0398. The van der Waals surface area contributed by atoms with Crippen molar-refractivity contribution in [3.63, 3.8) is 0 Å². The fourth-order valence-electron chi connectivity index (χ4n) is 2.14. The van der Waals surface area contributed by atoms with Crippen LogP contribution in [0.25, 0.3) is 0 Å². The molecule has 0 aromatic rings. The molecule has 17 nitrogen and oxygen atoms in total. The van der Waals surface area contributed by atoms with Gasteiger partial charge in [-0.15, -0.1) is 0 Å². The van der Waals surface area contributed by atoms with Gasteiger partial charge < -0.3 is 49.6 Å². The highest BCUT2D eigenvalue weighted by atomic mass is 32.1. The van der Waals surface area contributed by atoms with Gasteiger partial charge >= 0.3 is 41.8 Å². The van der Waals surface area contributed by atoms with Gasteiger partial charge in [-0.05, 0) is 6.42 Å². The summed E-state index contributed by atoms with van der Waals surface area (Å²) in [6.07, 6.45) is 1.06. The molecule has 0 amide bonds. The zero-order chi connectivity index (χ0) is 41.6. The third kappa shape index (κ3) is 41.4. The molecule has 0 aliphatic heterocycles. The Morgan fingerprint density at radius 1 is 0.442 bits per heavy atom. The summed E-state index contributed by atoms with van der Waals surface area (Å²) >= 11 is 26.2. The van der Waals surface area contributed by atoms with Gasteiger partial charge in [0.2, 0.25) is 0 Å². The minimum Gasteiger partial charge on any atom is -0.481 e. The Hall–Kier alpha value is -1.38. The van der Waals surface area contributed by atoms with Crippen molar-refractivity contribution in [3.05, 3.63) is 0 Å². The highest BCUT2D eigenvalue weighted by molar-refractivity contribution is 7.81. The Morgan fingerprint density at radius 2 is 0.654 bits per heavy atom. The Bertz CT molecular complexity index is 845. The molecule has 0 aliphatic carbocycles. The van der Waals surface area contributed by atoms with E-state index >= 15 is 0 Å². The first kappa shape index (κ1) is 59.9. The summed E-state index contributed by atoms with van der Waals surface area (Å²) in [5, 5.41) is 49.6. The van der Waals surface area contributed by atoms with E-state index < -0.39 is 52.6 Å². The van der Waals surface area contributed by atoms with Crippen LogP contribution >= 0.6 is 88.4 Å². The predicted octanol–water partition coefficient (Wildman–Crippen LogP) is 0.397. The van der Waals surface area contributed by atoms with Crippen LogP contribution in [0.15, 0.2) is 0 Å². The van der Waals surface area contributed by atoms with Crippen molar-refractivity contribution in [3.8, 4) is 0 Å². The molecule has 0 fully saturated rings. The normalized spacial score (nSPS) is 10.1. The summed E-state index contributed by atoms with van der Waals surface area (Å²) in [6, 6.07) is 0. The van der Waals surface area contributed by atoms with Crippen molar-refractivity contribution in [2.75, 3.05) is 86.5 Å². The first-order valence-electron chi connectivity index (χ1n) is 14.7. The maximum Gasteiger partial charge on any atom is 0.315 e. The second kappa shape index (κ2) is 40.8. The van der Waals surface area contributed by atoms with E-state index in [0.29, 0.717) is 23.7 Å². The average Bonchev–Trinajstić information content (AvgIpc) is 3.12. The van der Waals surface area contributed by atoms with Gasteiger partial charge in [0.25, 0.3) is 0 Å². The second-order valence-corrected chi connectivity index (χ2v) is 12.3. The Balaban J connectivity index is -0.000000219. The number of carboxylic acids is 3. The van der Waals surface area contributed by atoms with Gasteiger partial charge in [-0.1, -0.05) is 6.92 Å². The topological polar surface area (TPSA) is 278 Å². The molecule has 0 bridgehead atoms. The molecule has 24 heteroatoms. The van der Waals surface area contributed by atoms with Crippen LogP contribution in [0.4, 0.5) is 0 Å². The Labute approximate surface area is 341 Å². The van der Waals surface area contributed by atoms with Crippen molar-refractivity contribution in [2.45, 2.75) is 32.6 Å². The zero-order valence-electron chi connectivity index (χ0n) is 28.5. The summed E-state index contributed by atoms with van der Waals surface area (Å²) < 4.78 is 20.0. The predicted molar refractivity (Wildman–Crippen MR) is 214 cm³/mol. The van der Waals surface area contributed by atoms with Gasteiger partial charge in [-0.25, -0.2) is 0 Å². The van der Waals surface area contributed by atoms with Crippen LogP contribution in [0.3, 0.4) is 0 Å². The van der Waals surface area contributed by atoms with Gasteiger partial charge in [0.15, 0.2) is 0 Å². The Morgan fingerprint density at radius 3 is 0.731 bits per heavy atom. The van der Waals surface area contributed by atoms with E-state index in [1.54, 1.807) is 0 Å². The van der Waals surface area contributed by atoms with Crippen molar-refractivity contribution in [1.29, 1.82) is 0 Å². The second-order valence-electron chi connectivity index (χ2n) is 9.71. The lowest BCUT2D eigenvalue weighted by Gasteiger charge is -2.31. The summed E-state index contributed by atoms with van der Waals surface area (Å²) in [4.78, 5) is 74.2. The molecule has 0 aliphatic rings. The lowest BCUT2D eigenvalue weighted by Crippen LogP contribution is -2.44. The van der Waals surface area contributed by atoms with Crippen molar-refractivity contribution in [2.24, 2.45) is 10.8 Å². The molecule has 0 saturated heterocycles. The molecule has 0 rings (SSSR count). The van der Waals surface area contributed by atoms with Crippen LogP contribution in [0.5, 0.6) is 0 Å². The summed E-state index contributed by atoms with van der Waals surface area (Å²) in [6.45, 7) is 0.0436. The van der Waals surface area contributed by atoms with Gasteiger partial charge in [-0.3, -0.25) is 33.6 Å². The highest BCUT2D eigenvalue weighted by Crippen LogP contribution is 2.22. The largest absolute Gasteiger partial charge is 0.481 e. The molecule has 0 saturated carbocycles. The van der Waals surface area contributed by atoms with E-state index in [1.807, 2.05) is 6.92 Å². The molecule has 0 unspecified atom stereocenters. The van der Waals surface area contributed by atoms with E-state index in [1.165, 1.54) is 0 Å². The maximum atomic E-state index is 11.4. The van der Waals surface area contributed by atoms with Gasteiger partial charge in [0.05, 0.1) is 62.1 Å². The van der Waals surface area contributed by atoms with Crippen molar-refractivity contribution >= 4 is 130 Å². The molecule has 0 aromatic carbocycles. The van der Waals surface area contributed by atoms with Gasteiger partial charge in [0, 0.05) is 22.7 Å². The minimum atomic E-state index is -1.28. The van der Waals surface area contributed by atoms with E-state index in [4.69, 9.17) is 49.6 Å². The lowest BCUT2D eigenvalue weighted by molar-refractivity contribution is -0.167. The molecule has 0 radical (unpaired) electrons. The standard InChI is InChI=1S/C13H20O8S4.C6H14O3.3C3H6O2S/c14-9(1-22)18-5-13(6-19-10(15)2-23,7-20-11(16)3-24)8-21-12(17)4-25;1-2-6(3-7,4-8)5-9;3*4-3(5)1-2-6/h22-25H,1-8H2;7-9H,2-5H2,1H3;3*6H,1-2H2,(H,4,5). The monoisotopic (exact) mass is 884 g/mol. The third-order valence-corrected chi connectivity index (χ3v) is 7.11. The van der Waals surface area contributed by atoms with E-state index in [2.05, 4.69) is 88.4 Å². The molecule has 0 heterocycles. The fourth-order valence-corrected chi connectivity index (χ4v) is 3.08. The van der Waals surface area contributed by atoms with E-state index in [0.717, 1.165) is 0 Å². The summed E-state index contributed by atoms with van der Waals surface area (Å²) in [7, 11) is 0. The number of aliphatic hydroxyl groups is 3. The first-order valence-corrected chi connectivity index (χ1v) is 19.2. The molecule has 0 aromatic heterocycles. The summed E-state index contributed by atoms with van der Waals surface area (Å²) in [5.41, 5.74) is -1.95. The number of thiol groups is 7. The number of carbonyl (C=O) groups is 7. The van der Waals surface area contributed by atoms with Crippen LogP contribution in [0.2, 0.25) is 0 Å². The van der Waals surface area contributed by atoms with Crippen molar-refractivity contribution < 1.29 is 83.1 Å². The molecule has 52 heavy (non-hydrogen) atoms. The van der Waals surface area contributed by atoms with E-state index in [9.17, 15) is 33.6 Å². The van der Waals surface area contributed by atoms with Gasteiger partial charge in [-0.2, -0.15) is 88.4 Å². The minimum absolute atomic E-state index is 0.156. The number of esters is 4. The third-order valence-electron chi connectivity index (χ3n) is 5.41. The molecular formula is C28H52O17S7. The number of aliphatic hydroxyl groups excluding tert-OH is 3. The highest BCUT2D eigenvalue weighted by Gasteiger charge is 2.37. The number of ether oxygens (including phenoxy) is 4. The SMILES string of the molecule is CCC(CO)(CO)CO.O=C(CS)OCC(COC(=O)CS)(COC(=O)CS)COC(=O)CS.O=C(O)CCS.O=C(O)CCS.O=C(O)CCS. The lowest BCUT2D eigenvalue weighted by atomic mass is 9.88. The van der Waals surface area contributed by atoms with Crippen molar-refractivity contribution in [1.82, 2.24) is 0 Å². The molecule has 308 valence electrons. The average molecular weight is 885 g/mol. The number of carbonyl (C=O) groups excluding carboxylic acids is 4. The van der Waals surface area contributed by atoms with E-state index in [-0.39, 0.29) is 88.5 Å². The van der Waals surface area contributed by atoms with Crippen LogP contribution in [-0.4, -0.2) is 159 Å². The maximum absolute atomic E-state index is 11.4. The molecular weight excluding hydrogens is 833 g/mol.